The van der Waals surface area contributed by atoms with Crippen LogP contribution in [0, 0.1) is 11.8 Å². The van der Waals surface area contributed by atoms with Gasteiger partial charge in [0.2, 0.25) is 35.4 Å². The van der Waals surface area contributed by atoms with Crippen LogP contribution in [-0.2, 0) is 38.3 Å². The predicted octanol–water partition coefficient (Wildman–Crippen LogP) is 3.55. The smallest absolute Gasteiger partial charge is 0.245 e. The summed E-state index contributed by atoms with van der Waals surface area (Å²) in [5, 5.41) is 26.7. The van der Waals surface area contributed by atoms with Crippen LogP contribution in [0.15, 0.2) is 91.0 Å². The van der Waals surface area contributed by atoms with Crippen molar-refractivity contribution in [3.05, 3.63) is 108 Å². The number of carbonyl (C=O) groups excluding carboxylic acids is 6. The molecule has 14 nitrogen and oxygen atoms in total. The van der Waals surface area contributed by atoms with E-state index in [0.717, 1.165) is 16.7 Å². The van der Waals surface area contributed by atoms with Crippen LogP contribution in [0.2, 0.25) is 0 Å². The Balaban J connectivity index is 1.84. The number of benzene rings is 3. The molecule has 0 spiro atoms. The van der Waals surface area contributed by atoms with Gasteiger partial charge in [0.15, 0.2) is 0 Å². The number of ether oxygens (including phenoxy) is 1. The highest BCUT2D eigenvalue weighted by molar-refractivity contribution is 8.00. The molecule has 7 N–H and O–H groups in total. The Morgan fingerprint density at radius 3 is 1.45 bits per heavy atom. The van der Waals surface area contributed by atoms with Gasteiger partial charge in [-0.15, -0.1) is 11.8 Å². The lowest BCUT2D eigenvalue weighted by atomic mass is 9.84. The second-order valence-electron chi connectivity index (χ2n) is 17.1. The predicted molar refractivity (Wildman–Crippen MR) is 241 cm³/mol. The highest BCUT2D eigenvalue weighted by Crippen LogP contribution is 2.48. The Morgan fingerprint density at radius 2 is 1.00 bits per heavy atom. The zero-order valence-electron chi connectivity index (χ0n) is 37.2. The minimum Gasteiger partial charge on any atom is -0.394 e. The maximum absolute atomic E-state index is 14.6. The van der Waals surface area contributed by atoms with Gasteiger partial charge in [0, 0.05) is 5.75 Å². The van der Waals surface area contributed by atoms with Gasteiger partial charge < -0.3 is 41.7 Å². The molecule has 1 aliphatic rings. The molecule has 0 radical (unpaired) electrons. The number of hydrogen-bond donors (Lipinski definition) is 7. The number of thioether (sulfide) groups is 1. The molecular formula is C47H64N6O8S. The molecule has 0 aromatic heterocycles. The van der Waals surface area contributed by atoms with Gasteiger partial charge in [0.25, 0.3) is 0 Å². The Bertz CT molecular complexity index is 1880. The molecule has 3 aromatic rings. The highest BCUT2D eigenvalue weighted by atomic mass is 32.2. The second-order valence-corrected chi connectivity index (χ2v) is 18.4. The largest absolute Gasteiger partial charge is 0.394 e. The van der Waals surface area contributed by atoms with Crippen molar-refractivity contribution >= 4 is 47.2 Å². The van der Waals surface area contributed by atoms with Crippen LogP contribution in [-0.4, -0.2) is 101 Å². The van der Waals surface area contributed by atoms with E-state index >= 15 is 0 Å². The molecule has 6 amide bonds. The van der Waals surface area contributed by atoms with Gasteiger partial charge in [0.1, 0.15) is 36.3 Å². The third-order valence-electron chi connectivity index (χ3n) is 10.8. The van der Waals surface area contributed by atoms with Crippen LogP contribution in [0.3, 0.4) is 0 Å². The van der Waals surface area contributed by atoms with E-state index < -0.39 is 107 Å². The molecule has 0 saturated carbocycles. The van der Waals surface area contributed by atoms with Crippen molar-refractivity contribution in [3.63, 3.8) is 0 Å². The number of aliphatic hydroxyl groups is 1. The minimum atomic E-state index is -1.50. The van der Waals surface area contributed by atoms with Gasteiger partial charge in [0.05, 0.1) is 23.1 Å². The molecule has 0 bridgehead atoms. The Morgan fingerprint density at radius 1 is 0.581 bits per heavy atom. The zero-order chi connectivity index (χ0) is 45.8. The lowest BCUT2D eigenvalue weighted by Gasteiger charge is -2.37. The van der Waals surface area contributed by atoms with Gasteiger partial charge in [-0.25, -0.2) is 0 Å². The Labute approximate surface area is 369 Å². The molecule has 0 unspecified atom stereocenters. The van der Waals surface area contributed by atoms with Crippen molar-refractivity contribution in [2.75, 3.05) is 12.4 Å². The third kappa shape index (κ3) is 12.7. The molecule has 3 aromatic carbocycles. The summed E-state index contributed by atoms with van der Waals surface area (Å²) in [7, 11) is 0. The summed E-state index contributed by atoms with van der Waals surface area (Å²) in [5.41, 5.74) is 2.01. The van der Waals surface area contributed by atoms with Crippen molar-refractivity contribution in [1.82, 2.24) is 31.9 Å². The van der Waals surface area contributed by atoms with E-state index in [4.69, 9.17) is 4.74 Å². The van der Waals surface area contributed by atoms with Gasteiger partial charge in [-0.3, -0.25) is 28.8 Å². The van der Waals surface area contributed by atoms with Gasteiger partial charge in [-0.05, 0) is 63.1 Å². The fourth-order valence-corrected chi connectivity index (χ4v) is 8.85. The van der Waals surface area contributed by atoms with Crippen LogP contribution in [0.5, 0.6) is 0 Å². The van der Waals surface area contributed by atoms with E-state index in [0.29, 0.717) is 6.42 Å². The van der Waals surface area contributed by atoms with Gasteiger partial charge >= 0.3 is 0 Å². The maximum atomic E-state index is 14.6. The van der Waals surface area contributed by atoms with Crippen molar-refractivity contribution in [1.29, 1.82) is 0 Å². The standard InChI is InChI=1S/C47H64N6O8S/c1-10-29(4)38-44(59)50-36(27-62-47(32-20-14-11-15-21-32,33-22-16-12-17-23-33)34-24-18-13-19-25-34)42(57)48-30(5)40(55)53-39(31(6)61-46(7,8)9)45(60)51-37(28(2)3)43(58)49-35(26-54)41(56)52-38/h11-25,28-31,35-39,54H,10,26-27H2,1-9H3,(H,48,57)(H,49,58)(H,50,59)(H,51,60)(H,52,56)(H,53,55)/t29-,30+,31-,35+,36+,37+,38-,39+/m1/s1. The molecule has 8 atom stereocenters. The minimum absolute atomic E-state index is 0.0147. The normalized spacial score (nSPS) is 23.7. The van der Waals surface area contributed by atoms with Crippen LogP contribution in [0.1, 0.15) is 85.4 Å². The summed E-state index contributed by atoms with van der Waals surface area (Å²) in [4.78, 5) is 84.6. The summed E-state index contributed by atoms with van der Waals surface area (Å²) >= 11 is 1.42. The van der Waals surface area contributed by atoms with Gasteiger partial charge in [-0.1, -0.05) is 125 Å². The molecule has 4 rings (SSSR count). The first-order valence-electron chi connectivity index (χ1n) is 21.2. The van der Waals surface area contributed by atoms with Crippen LogP contribution in [0.25, 0.3) is 0 Å². The first kappa shape index (κ1) is 49.4. The molecule has 336 valence electrons. The molecule has 0 aliphatic carbocycles. The van der Waals surface area contributed by atoms with E-state index in [9.17, 15) is 33.9 Å². The molecule has 1 heterocycles. The molecule has 15 heteroatoms. The zero-order valence-corrected chi connectivity index (χ0v) is 38.0. The first-order valence-corrected chi connectivity index (χ1v) is 22.2. The van der Waals surface area contributed by atoms with Crippen molar-refractivity contribution in [2.24, 2.45) is 11.8 Å². The Hall–Kier alpha value is -5.25. The number of hydrogen-bond acceptors (Lipinski definition) is 9. The third-order valence-corrected chi connectivity index (χ3v) is 12.5. The Kier molecular flexibility index (Phi) is 17.7. The fraction of sp³-hybridized carbons (Fsp3) is 0.489. The summed E-state index contributed by atoms with van der Waals surface area (Å²) in [6.45, 7) is 14.6. The van der Waals surface area contributed by atoms with E-state index in [2.05, 4.69) is 31.9 Å². The fourth-order valence-electron chi connectivity index (χ4n) is 7.29. The molecule has 1 fully saturated rings. The van der Waals surface area contributed by atoms with E-state index in [1.807, 2.05) is 97.9 Å². The summed E-state index contributed by atoms with van der Waals surface area (Å²) in [6.07, 6.45) is -0.474. The van der Waals surface area contributed by atoms with E-state index in [-0.39, 0.29) is 5.75 Å². The lowest BCUT2D eigenvalue weighted by molar-refractivity contribution is -0.141. The van der Waals surface area contributed by atoms with Crippen molar-refractivity contribution in [3.8, 4) is 0 Å². The van der Waals surface area contributed by atoms with Gasteiger partial charge in [-0.2, -0.15) is 0 Å². The van der Waals surface area contributed by atoms with Crippen LogP contribution >= 0.6 is 11.8 Å². The lowest BCUT2D eigenvalue weighted by Crippen LogP contribution is -2.64. The average molecular weight is 873 g/mol. The number of amides is 6. The quantitative estimate of drug-likeness (QED) is 0.133. The number of carbonyl (C=O) groups is 6. The number of rotatable bonds is 12. The SMILES string of the molecule is CC[C@@H](C)[C@H]1NC(=O)[C@H](CO)NC(=O)[C@H](C(C)C)NC(=O)[C@H]([C@@H](C)OC(C)(C)C)NC(=O)[C@H](C)NC(=O)[C@H](CSC(c2ccccc2)(c2ccccc2)c2ccccc2)NC1=O. The number of aliphatic hydroxyl groups excluding tert-OH is 1. The first-order chi connectivity index (χ1) is 29.3. The van der Waals surface area contributed by atoms with Crippen LogP contribution < -0.4 is 31.9 Å². The summed E-state index contributed by atoms with van der Waals surface area (Å²) in [6, 6.07) is 21.7. The summed E-state index contributed by atoms with van der Waals surface area (Å²) < 4.78 is 5.21. The molecule has 62 heavy (non-hydrogen) atoms. The van der Waals surface area contributed by atoms with E-state index in [1.165, 1.54) is 18.7 Å². The average Bonchev–Trinajstić information content (AvgIpc) is 3.24. The maximum Gasteiger partial charge on any atom is 0.245 e. The molecule has 1 aliphatic heterocycles. The monoisotopic (exact) mass is 872 g/mol. The number of nitrogens with one attached hydrogen (secondary N) is 6. The van der Waals surface area contributed by atoms with E-state index in [1.54, 1.807) is 48.5 Å². The second kappa shape index (κ2) is 22.2. The molecular weight excluding hydrogens is 809 g/mol. The summed E-state index contributed by atoms with van der Waals surface area (Å²) in [5.74, 6) is -5.41. The molecule has 1 saturated heterocycles. The van der Waals surface area contributed by atoms with Crippen LogP contribution in [0.4, 0.5) is 0 Å². The van der Waals surface area contributed by atoms with Crippen molar-refractivity contribution in [2.45, 2.75) is 121 Å². The van der Waals surface area contributed by atoms with Crippen molar-refractivity contribution < 1.29 is 38.6 Å². The highest BCUT2D eigenvalue weighted by Gasteiger charge is 2.41. The topological polar surface area (TPSA) is 204 Å².